The summed E-state index contributed by atoms with van der Waals surface area (Å²) in [6.07, 6.45) is 3.08. The van der Waals surface area contributed by atoms with Crippen LogP contribution in [0.3, 0.4) is 0 Å². The molecule has 0 unspecified atom stereocenters. The number of nitrogens with zero attached hydrogens (tertiary/aromatic N) is 1. The second-order valence-corrected chi connectivity index (χ2v) is 5.64. The van der Waals surface area contributed by atoms with Crippen molar-refractivity contribution in [3.05, 3.63) is 54.6 Å². The highest BCUT2D eigenvalue weighted by atomic mass is 16.5. The Morgan fingerprint density at radius 1 is 1.08 bits per heavy atom. The van der Waals surface area contributed by atoms with Crippen LogP contribution in [0.1, 0.15) is 33.1 Å². The van der Waals surface area contributed by atoms with E-state index in [1.807, 2.05) is 61.5 Å². The van der Waals surface area contributed by atoms with Gasteiger partial charge >= 0.3 is 0 Å². The average Bonchev–Trinajstić information content (AvgIpc) is 2.64. The molecule has 0 aliphatic carbocycles. The van der Waals surface area contributed by atoms with Crippen molar-refractivity contribution in [2.45, 2.75) is 33.1 Å². The smallest absolute Gasteiger partial charge is 0.277 e. The second kappa shape index (κ2) is 9.50. The molecule has 2 aromatic rings. The standard InChI is InChI=1S/C20H24N2O2/c1-3-4-10-16(2)21-22-20(23)15-24-19-14-9-8-13-18(19)17-11-6-5-7-12-17/h5-9,11-14H,3-4,10,15H2,1-2H3,(H,22,23)/b21-16-. The van der Waals surface area contributed by atoms with E-state index in [-0.39, 0.29) is 12.5 Å². The Bertz CT molecular complexity index is 681. The van der Waals surface area contributed by atoms with Gasteiger partial charge in [0.25, 0.3) is 5.91 Å². The van der Waals surface area contributed by atoms with Gasteiger partial charge in [0.05, 0.1) is 0 Å². The Kier molecular flexibility index (Phi) is 7.02. The zero-order chi connectivity index (χ0) is 17.2. The maximum atomic E-state index is 11.9. The third-order valence-corrected chi connectivity index (χ3v) is 3.59. The zero-order valence-corrected chi connectivity index (χ0v) is 14.3. The molecule has 2 rings (SSSR count). The molecule has 4 heteroatoms. The van der Waals surface area contributed by atoms with Crippen molar-refractivity contribution in [3.63, 3.8) is 0 Å². The molecule has 0 atom stereocenters. The highest BCUT2D eigenvalue weighted by Crippen LogP contribution is 2.29. The number of amides is 1. The summed E-state index contributed by atoms with van der Waals surface area (Å²) >= 11 is 0. The number of rotatable bonds is 8. The van der Waals surface area contributed by atoms with E-state index in [4.69, 9.17) is 4.74 Å². The molecule has 4 nitrogen and oxygen atoms in total. The van der Waals surface area contributed by atoms with Crippen LogP contribution in [-0.2, 0) is 4.79 Å². The molecule has 0 saturated carbocycles. The SMILES string of the molecule is CCCC/C(C)=N\NC(=O)COc1ccccc1-c1ccccc1. The van der Waals surface area contributed by atoms with Gasteiger partial charge in [0.2, 0.25) is 0 Å². The molecule has 0 bridgehead atoms. The highest BCUT2D eigenvalue weighted by Gasteiger charge is 2.07. The third-order valence-electron chi connectivity index (χ3n) is 3.59. The van der Waals surface area contributed by atoms with Crippen molar-refractivity contribution in [2.24, 2.45) is 5.10 Å². The van der Waals surface area contributed by atoms with Gasteiger partial charge in [-0.2, -0.15) is 5.10 Å². The largest absolute Gasteiger partial charge is 0.483 e. The van der Waals surface area contributed by atoms with E-state index < -0.39 is 0 Å². The fraction of sp³-hybridized carbons (Fsp3) is 0.300. The van der Waals surface area contributed by atoms with Gasteiger partial charge in [-0.3, -0.25) is 4.79 Å². The number of ether oxygens (including phenoxy) is 1. The summed E-state index contributed by atoms with van der Waals surface area (Å²) in [6, 6.07) is 17.7. The van der Waals surface area contributed by atoms with Gasteiger partial charge in [0.15, 0.2) is 6.61 Å². The van der Waals surface area contributed by atoms with Gasteiger partial charge in [0.1, 0.15) is 5.75 Å². The first-order chi connectivity index (χ1) is 11.7. The maximum Gasteiger partial charge on any atom is 0.277 e. The number of benzene rings is 2. The first-order valence-electron chi connectivity index (χ1n) is 8.30. The van der Waals surface area contributed by atoms with E-state index in [0.717, 1.165) is 36.1 Å². The fourth-order valence-corrected chi connectivity index (χ4v) is 2.27. The van der Waals surface area contributed by atoms with Crippen molar-refractivity contribution in [1.29, 1.82) is 0 Å². The topological polar surface area (TPSA) is 50.7 Å². The van der Waals surface area contributed by atoms with Gasteiger partial charge in [-0.25, -0.2) is 5.43 Å². The van der Waals surface area contributed by atoms with Crippen molar-refractivity contribution in [2.75, 3.05) is 6.61 Å². The Morgan fingerprint density at radius 3 is 2.54 bits per heavy atom. The van der Waals surface area contributed by atoms with E-state index in [9.17, 15) is 4.79 Å². The Morgan fingerprint density at radius 2 is 1.79 bits per heavy atom. The summed E-state index contributed by atoms with van der Waals surface area (Å²) < 4.78 is 5.69. The quantitative estimate of drug-likeness (QED) is 0.577. The van der Waals surface area contributed by atoms with Gasteiger partial charge in [-0.15, -0.1) is 0 Å². The van der Waals surface area contributed by atoms with Crippen LogP contribution in [0.4, 0.5) is 0 Å². The van der Waals surface area contributed by atoms with Crippen LogP contribution in [0.15, 0.2) is 59.7 Å². The molecule has 0 spiro atoms. The molecular formula is C20H24N2O2. The molecule has 1 N–H and O–H groups in total. The number of para-hydroxylation sites is 1. The number of nitrogens with one attached hydrogen (secondary N) is 1. The van der Waals surface area contributed by atoms with Crippen LogP contribution in [0.25, 0.3) is 11.1 Å². The molecule has 0 aliphatic rings. The van der Waals surface area contributed by atoms with Crippen LogP contribution in [0, 0.1) is 0 Å². The summed E-state index contributed by atoms with van der Waals surface area (Å²) in [7, 11) is 0. The highest BCUT2D eigenvalue weighted by molar-refractivity contribution is 5.84. The summed E-state index contributed by atoms with van der Waals surface area (Å²) in [5.41, 5.74) is 5.49. The van der Waals surface area contributed by atoms with Crippen molar-refractivity contribution < 1.29 is 9.53 Å². The molecule has 0 aliphatic heterocycles. The molecule has 2 aromatic carbocycles. The molecule has 0 radical (unpaired) electrons. The average molecular weight is 324 g/mol. The molecule has 0 aromatic heterocycles. The summed E-state index contributed by atoms with van der Waals surface area (Å²) in [5.74, 6) is 0.430. The molecule has 0 fully saturated rings. The van der Waals surface area contributed by atoms with E-state index in [1.54, 1.807) is 0 Å². The minimum absolute atomic E-state index is 0.0611. The number of hydrogen-bond donors (Lipinski definition) is 1. The van der Waals surface area contributed by atoms with E-state index in [2.05, 4.69) is 17.5 Å². The number of hydrazone groups is 1. The zero-order valence-electron chi connectivity index (χ0n) is 14.3. The predicted octanol–water partition coefficient (Wildman–Crippen LogP) is 4.41. The minimum atomic E-state index is -0.256. The lowest BCUT2D eigenvalue weighted by molar-refractivity contribution is -0.123. The molecular weight excluding hydrogens is 300 g/mol. The van der Waals surface area contributed by atoms with E-state index in [1.165, 1.54) is 0 Å². The van der Waals surface area contributed by atoms with Crippen LogP contribution in [-0.4, -0.2) is 18.2 Å². The van der Waals surface area contributed by atoms with Crippen molar-refractivity contribution >= 4 is 11.6 Å². The van der Waals surface area contributed by atoms with Gasteiger partial charge in [-0.1, -0.05) is 61.9 Å². The molecule has 1 amide bonds. The molecule has 24 heavy (non-hydrogen) atoms. The van der Waals surface area contributed by atoms with Crippen LogP contribution in [0.2, 0.25) is 0 Å². The normalized spacial score (nSPS) is 11.2. The molecule has 126 valence electrons. The first kappa shape index (κ1) is 17.7. The summed E-state index contributed by atoms with van der Waals surface area (Å²) in [4.78, 5) is 11.9. The number of hydrogen-bond acceptors (Lipinski definition) is 3. The minimum Gasteiger partial charge on any atom is -0.483 e. The number of carbonyl (C=O) groups is 1. The fourth-order valence-electron chi connectivity index (χ4n) is 2.27. The Balaban J connectivity index is 1.94. The molecule has 0 heterocycles. The maximum absolute atomic E-state index is 11.9. The predicted molar refractivity (Wildman–Crippen MR) is 98.1 cm³/mol. The third kappa shape index (κ3) is 5.54. The monoisotopic (exact) mass is 324 g/mol. The molecule has 0 saturated heterocycles. The van der Waals surface area contributed by atoms with Crippen molar-refractivity contribution in [1.82, 2.24) is 5.43 Å². The summed E-state index contributed by atoms with van der Waals surface area (Å²) in [5, 5.41) is 4.09. The summed E-state index contributed by atoms with van der Waals surface area (Å²) in [6.45, 7) is 3.99. The van der Waals surface area contributed by atoms with Gasteiger partial charge in [0, 0.05) is 11.3 Å². The number of unbranched alkanes of at least 4 members (excludes halogenated alkanes) is 1. The van der Waals surface area contributed by atoms with Gasteiger partial charge in [-0.05, 0) is 31.4 Å². The lowest BCUT2D eigenvalue weighted by Gasteiger charge is -2.11. The van der Waals surface area contributed by atoms with Crippen LogP contribution in [0.5, 0.6) is 5.75 Å². The van der Waals surface area contributed by atoms with Crippen LogP contribution >= 0.6 is 0 Å². The first-order valence-corrected chi connectivity index (χ1v) is 8.30. The van der Waals surface area contributed by atoms with Crippen LogP contribution < -0.4 is 10.2 Å². The van der Waals surface area contributed by atoms with Gasteiger partial charge < -0.3 is 4.74 Å². The lowest BCUT2D eigenvalue weighted by Crippen LogP contribution is -2.25. The van der Waals surface area contributed by atoms with E-state index >= 15 is 0 Å². The Labute approximate surface area is 143 Å². The number of carbonyl (C=O) groups excluding carboxylic acids is 1. The lowest BCUT2D eigenvalue weighted by atomic mass is 10.1. The Hall–Kier alpha value is -2.62. The second-order valence-electron chi connectivity index (χ2n) is 5.64. The van der Waals surface area contributed by atoms with E-state index in [0.29, 0.717) is 5.75 Å². The van der Waals surface area contributed by atoms with Crippen molar-refractivity contribution in [3.8, 4) is 16.9 Å².